The standard InChI is InChI=1S/C17H18BClNO3/c1-16(2,21)17(3,4)23-18-11-8-10(19)9-13-14(11)15-12(22-13)6-5-7-20-15/h5-9,21H,1-4H3. The largest absolute Gasteiger partial charge is 0.454 e. The van der Waals surface area contributed by atoms with Crippen LogP contribution in [0, 0.1) is 0 Å². The van der Waals surface area contributed by atoms with Crippen molar-refractivity contribution in [3.05, 3.63) is 35.5 Å². The van der Waals surface area contributed by atoms with Gasteiger partial charge in [0.1, 0.15) is 11.1 Å². The van der Waals surface area contributed by atoms with E-state index in [0.29, 0.717) is 16.2 Å². The van der Waals surface area contributed by atoms with Gasteiger partial charge in [0.15, 0.2) is 5.58 Å². The van der Waals surface area contributed by atoms with Crippen molar-refractivity contribution in [1.82, 2.24) is 4.98 Å². The molecule has 3 rings (SSSR count). The summed E-state index contributed by atoms with van der Waals surface area (Å²) in [4.78, 5) is 4.39. The van der Waals surface area contributed by atoms with Crippen molar-refractivity contribution < 1.29 is 14.2 Å². The Hall–Kier alpha value is -1.56. The molecule has 0 fully saturated rings. The minimum atomic E-state index is -1.00. The topological polar surface area (TPSA) is 55.5 Å². The summed E-state index contributed by atoms with van der Waals surface area (Å²) in [6.07, 6.45) is 1.72. The zero-order chi connectivity index (χ0) is 16.8. The molecule has 4 nitrogen and oxygen atoms in total. The second-order valence-electron chi connectivity index (χ2n) is 6.63. The van der Waals surface area contributed by atoms with E-state index < -0.39 is 11.2 Å². The molecule has 0 bridgehead atoms. The highest BCUT2D eigenvalue weighted by Gasteiger charge is 2.36. The fourth-order valence-electron chi connectivity index (χ4n) is 2.16. The Balaban J connectivity index is 2.07. The average Bonchev–Trinajstić information content (AvgIpc) is 2.81. The number of aromatic nitrogens is 1. The minimum Gasteiger partial charge on any atom is -0.454 e. The second kappa shape index (κ2) is 5.51. The molecule has 1 N–H and O–H groups in total. The third kappa shape index (κ3) is 2.96. The van der Waals surface area contributed by atoms with Gasteiger partial charge in [0.05, 0.1) is 11.2 Å². The Kier molecular flexibility index (Phi) is 3.91. The maximum absolute atomic E-state index is 10.2. The maximum atomic E-state index is 10.2. The molecule has 2 aromatic heterocycles. The molecule has 0 aliphatic heterocycles. The SMILES string of the molecule is CC(C)(O)C(C)(C)O[B]c1cc(Cl)cc2oc3cccnc3c12. The number of nitrogens with zero attached hydrogens (tertiary/aromatic N) is 1. The van der Waals surface area contributed by atoms with Gasteiger partial charge in [-0.1, -0.05) is 11.6 Å². The number of rotatable bonds is 4. The summed E-state index contributed by atoms with van der Waals surface area (Å²) in [5.74, 6) is 0. The Morgan fingerprint density at radius 3 is 2.65 bits per heavy atom. The molecule has 2 heterocycles. The molecule has 1 radical (unpaired) electrons. The molecule has 6 heteroatoms. The fraction of sp³-hybridized carbons (Fsp3) is 0.353. The molecular weight excluding hydrogens is 312 g/mol. The number of halogens is 1. The first kappa shape index (κ1) is 16.3. The third-order valence-corrected chi connectivity index (χ3v) is 4.50. The number of benzene rings is 1. The maximum Gasteiger partial charge on any atom is 0.331 e. The summed E-state index contributed by atoms with van der Waals surface area (Å²) in [5.41, 5.74) is 1.10. The fourth-order valence-corrected chi connectivity index (χ4v) is 2.38. The van der Waals surface area contributed by atoms with Gasteiger partial charge in [0.2, 0.25) is 0 Å². The second-order valence-corrected chi connectivity index (χ2v) is 7.06. The van der Waals surface area contributed by atoms with Crippen LogP contribution in [0.3, 0.4) is 0 Å². The molecule has 0 saturated carbocycles. The van der Waals surface area contributed by atoms with Gasteiger partial charge in [0, 0.05) is 22.7 Å². The normalized spacial score (nSPS) is 13.0. The van der Waals surface area contributed by atoms with E-state index in [4.69, 9.17) is 20.7 Å². The zero-order valence-electron chi connectivity index (χ0n) is 13.6. The van der Waals surface area contributed by atoms with Crippen LogP contribution in [0.5, 0.6) is 0 Å². The molecule has 23 heavy (non-hydrogen) atoms. The number of pyridine rings is 1. The van der Waals surface area contributed by atoms with Crippen LogP contribution in [0.4, 0.5) is 0 Å². The van der Waals surface area contributed by atoms with E-state index in [-0.39, 0.29) is 0 Å². The number of hydrogen-bond donors (Lipinski definition) is 1. The van der Waals surface area contributed by atoms with E-state index in [1.54, 1.807) is 39.7 Å². The molecule has 0 saturated heterocycles. The van der Waals surface area contributed by atoms with Crippen molar-refractivity contribution in [2.75, 3.05) is 0 Å². The van der Waals surface area contributed by atoms with Gasteiger partial charge in [-0.15, -0.1) is 0 Å². The summed E-state index contributed by atoms with van der Waals surface area (Å²) in [6.45, 7) is 7.08. The van der Waals surface area contributed by atoms with Crippen LogP contribution >= 0.6 is 11.6 Å². The van der Waals surface area contributed by atoms with Gasteiger partial charge in [-0.05, 0) is 51.4 Å². The molecule has 0 aliphatic rings. The van der Waals surface area contributed by atoms with Crippen LogP contribution in [0.25, 0.3) is 22.1 Å². The molecule has 1 aromatic carbocycles. The number of hydrogen-bond acceptors (Lipinski definition) is 4. The van der Waals surface area contributed by atoms with E-state index in [9.17, 15) is 5.11 Å². The molecule has 0 amide bonds. The minimum absolute atomic E-state index is 0.549. The van der Waals surface area contributed by atoms with Crippen molar-refractivity contribution in [2.45, 2.75) is 38.9 Å². The molecule has 0 unspecified atom stereocenters. The molecular formula is C17H18BClNO3. The number of aliphatic hydroxyl groups is 1. The quantitative estimate of drug-likeness (QED) is 0.745. The first-order valence-electron chi connectivity index (χ1n) is 7.39. The summed E-state index contributed by atoms with van der Waals surface area (Å²) in [7, 11) is 1.61. The Labute approximate surface area is 140 Å². The lowest BCUT2D eigenvalue weighted by atomic mass is 9.81. The molecule has 0 aliphatic carbocycles. The van der Waals surface area contributed by atoms with Crippen LogP contribution in [-0.2, 0) is 4.65 Å². The Morgan fingerprint density at radius 2 is 1.96 bits per heavy atom. The van der Waals surface area contributed by atoms with E-state index in [0.717, 1.165) is 16.4 Å². The lowest BCUT2D eigenvalue weighted by molar-refractivity contribution is -0.0893. The van der Waals surface area contributed by atoms with Crippen molar-refractivity contribution in [2.24, 2.45) is 0 Å². The van der Waals surface area contributed by atoms with Crippen LogP contribution in [-0.4, -0.2) is 28.8 Å². The summed E-state index contributed by atoms with van der Waals surface area (Å²) in [5, 5.41) is 11.6. The van der Waals surface area contributed by atoms with Crippen molar-refractivity contribution in [3.8, 4) is 0 Å². The molecule has 0 spiro atoms. The monoisotopic (exact) mass is 330 g/mol. The van der Waals surface area contributed by atoms with Crippen molar-refractivity contribution in [1.29, 1.82) is 0 Å². The van der Waals surface area contributed by atoms with E-state index in [1.165, 1.54) is 0 Å². The summed E-state index contributed by atoms with van der Waals surface area (Å²) >= 11 is 6.19. The number of furan rings is 1. The summed E-state index contributed by atoms with van der Waals surface area (Å²) in [6, 6.07) is 7.25. The van der Waals surface area contributed by atoms with E-state index >= 15 is 0 Å². The zero-order valence-corrected chi connectivity index (χ0v) is 14.3. The smallest absolute Gasteiger partial charge is 0.331 e. The molecule has 119 valence electrons. The van der Waals surface area contributed by atoms with E-state index in [1.807, 2.05) is 26.0 Å². The predicted octanol–water partition coefficient (Wildman–Crippen LogP) is 3.45. The van der Waals surface area contributed by atoms with Crippen LogP contribution in [0.15, 0.2) is 34.9 Å². The number of fused-ring (bicyclic) bond motifs is 3. The first-order valence-corrected chi connectivity index (χ1v) is 7.77. The predicted molar refractivity (Wildman–Crippen MR) is 93.4 cm³/mol. The summed E-state index contributed by atoms with van der Waals surface area (Å²) < 4.78 is 11.7. The lowest BCUT2D eigenvalue weighted by Gasteiger charge is -2.37. The van der Waals surface area contributed by atoms with Crippen molar-refractivity contribution >= 4 is 46.6 Å². The van der Waals surface area contributed by atoms with Crippen molar-refractivity contribution in [3.63, 3.8) is 0 Å². The van der Waals surface area contributed by atoms with Crippen LogP contribution in [0.2, 0.25) is 5.02 Å². The van der Waals surface area contributed by atoms with Gasteiger partial charge in [-0.2, -0.15) is 0 Å². The Morgan fingerprint density at radius 1 is 1.22 bits per heavy atom. The third-order valence-electron chi connectivity index (χ3n) is 4.28. The highest BCUT2D eigenvalue weighted by molar-refractivity contribution is 6.53. The van der Waals surface area contributed by atoms with Crippen LogP contribution in [0.1, 0.15) is 27.7 Å². The van der Waals surface area contributed by atoms with Gasteiger partial charge in [0.25, 0.3) is 0 Å². The lowest BCUT2D eigenvalue weighted by Crippen LogP contribution is -2.49. The van der Waals surface area contributed by atoms with Gasteiger partial charge >= 0.3 is 7.48 Å². The Bertz CT molecular complexity index is 867. The highest BCUT2D eigenvalue weighted by Crippen LogP contribution is 2.29. The van der Waals surface area contributed by atoms with Gasteiger partial charge < -0.3 is 14.2 Å². The van der Waals surface area contributed by atoms with Crippen LogP contribution < -0.4 is 5.46 Å². The average molecular weight is 331 g/mol. The van der Waals surface area contributed by atoms with Gasteiger partial charge in [-0.25, -0.2) is 0 Å². The molecule has 0 atom stereocenters. The van der Waals surface area contributed by atoms with Gasteiger partial charge in [-0.3, -0.25) is 4.98 Å². The van der Waals surface area contributed by atoms with E-state index in [2.05, 4.69) is 4.98 Å². The first-order chi connectivity index (χ1) is 10.7. The highest BCUT2D eigenvalue weighted by atomic mass is 35.5. The molecule has 3 aromatic rings.